The molecule has 1 saturated heterocycles. The lowest BCUT2D eigenvalue weighted by molar-refractivity contribution is -0.550. The van der Waals surface area contributed by atoms with Crippen molar-refractivity contribution in [3.05, 3.63) is 40.9 Å². The van der Waals surface area contributed by atoms with E-state index in [2.05, 4.69) is 41.5 Å². The molecule has 0 N–H and O–H groups in total. The second-order valence-electron chi connectivity index (χ2n) is 7.02. The van der Waals surface area contributed by atoms with Crippen molar-refractivity contribution in [2.24, 2.45) is 0 Å². The number of nitroso groups, excluding NO2 is 1. The monoisotopic (exact) mass is 405 g/mol. The molecule has 1 aromatic carbocycles. The molecule has 146 valence electrons. The SMILES string of the molecule is CCc1ccc(-c2cn(CC[N+](=O)CCCCC[C@H]3CCSS3)nn2)cc1. The van der Waals surface area contributed by atoms with E-state index in [-0.39, 0.29) is 0 Å². The first-order chi connectivity index (χ1) is 13.2. The van der Waals surface area contributed by atoms with Crippen LogP contribution in [0.25, 0.3) is 11.3 Å². The number of aromatic nitrogens is 3. The Kier molecular flexibility index (Phi) is 8.20. The van der Waals surface area contributed by atoms with E-state index >= 15 is 0 Å². The molecule has 1 aliphatic heterocycles. The highest BCUT2D eigenvalue weighted by atomic mass is 33.1. The summed E-state index contributed by atoms with van der Waals surface area (Å²) in [5, 5.41) is 9.24. The van der Waals surface area contributed by atoms with Gasteiger partial charge in [-0.05, 0) is 36.0 Å². The molecule has 0 bridgehead atoms. The van der Waals surface area contributed by atoms with Crippen LogP contribution in [0.3, 0.4) is 0 Å². The molecule has 0 radical (unpaired) electrons. The van der Waals surface area contributed by atoms with Crippen LogP contribution in [0.2, 0.25) is 0 Å². The van der Waals surface area contributed by atoms with Gasteiger partial charge in [0.05, 0.1) is 6.20 Å². The van der Waals surface area contributed by atoms with E-state index in [0.29, 0.717) is 19.6 Å². The smallest absolute Gasteiger partial charge is 0.211 e. The van der Waals surface area contributed by atoms with E-state index in [1.807, 2.05) is 27.8 Å². The van der Waals surface area contributed by atoms with Gasteiger partial charge in [0.25, 0.3) is 0 Å². The molecule has 3 rings (SSSR count). The average Bonchev–Trinajstić information content (AvgIpc) is 3.38. The fourth-order valence-corrected chi connectivity index (χ4v) is 6.21. The van der Waals surface area contributed by atoms with Gasteiger partial charge in [-0.25, -0.2) is 4.68 Å². The van der Waals surface area contributed by atoms with Crippen LogP contribution in [0.5, 0.6) is 0 Å². The van der Waals surface area contributed by atoms with Gasteiger partial charge >= 0.3 is 0 Å². The predicted molar refractivity (Wildman–Crippen MR) is 115 cm³/mol. The van der Waals surface area contributed by atoms with Crippen LogP contribution in [0.1, 0.15) is 44.6 Å². The Labute approximate surface area is 169 Å². The third-order valence-electron chi connectivity index (χ3n) is 4.94. The summed E-state index contributed by atoms with van der Waals surface area (Å²) in [6.07, 6.45) is 9.00. The summed E-state index contributed by atoms with van der Waals surface area (Å²) in [6.45, 7) is 3.81. The van der Waals surface area contributed by atoms with E-state index in [4.69, 9.17) is 0 Å². The second-order valence-corrected chi connectivity index (χ2v) is 9.81. The highest BCUT2D eigenvalue weighted by Crippen LogP contribution is 2.39. The van der Waals surface area contributed by atoms with Gasteiger partial charge in [0.1, 0.15) is 12.2 Å². The van der Waals surface area contributed by atoms with Gasteiger partial charge in [-0.1, -0.05) is 64.4 Å². The summed E-state index contributed by atoms with van der Waals surface area (Å²) in [7, 11) is 4.05. The van der Waals surface area contributed by atoms with Crippen molar-refractivity contribution in [1.29, 1.82) is 0 Å². The standard InChI is InChI=1S/C20H29N4OS2/c1-2-17-7-9-18(10-8-17)20-16-23(22-21-20)13-14-24(25)12-5-3-4-6-19-11-15-26-27-19/h7-10,16,19H,2-6,11-15H2,1H3/q+1/t19-/m0/s1. The largest absolute Gasteiger partial charge is 0.245 e. The minimum absolute atomic E-state index is 0.465. The summed E-state index contributed by atoms with van der Waals surface area (Å²) in [5.74, 6) is 1.30. The van der Waals surface area contributed by atoms with E-state index in [1.165, 1.54) is 30.6 Å². The van der Waals surface area contributed by atoms with Crippen molar-refractivity contribution in [3.63, 3.8) is 0 Å². The average molecular weight is 406 g/mol. The Balaban J connectivity index is 1.33. The first-order valence-corrected chi connectivity index (χ1v) is 12.3. The molecule has 0 spiro atoms. The van der Waals surface area contributed by atoms with Crippen molar-refractivity contribution in [2.75, 3.05) is 18.8 Å². The fourth-order valence-electron chi connectivity index (χ4n) is 3.18. The van der Waals surface area contributed by atoms with E-state index in [0.717, 1.165) is 40.5 Å². The summed E-state index contributed by atoms with van der Waals surface area (Å²) in [6, 6.07) is 8.40. The molecule has 1 aliphatic rings. The molecular weight excluding hydrogens is 376 g/mol. The molecule has 0 unspecified atom stereocenters. The Morgan fingerprint density at radius 2 is 2.04 bits per heavy atom. The topological polar surface area (TPSA) is 50.8 Å². The van der Waals surface area contributed by atoms with Crippen molar-refractivity contribution in [2.45, 2.75) is 57.2 Å². The number of unbranched alkanes of at least 4 members (excludes halogenated alkanes) is 2. The molecule has 1 aromatic heterocycles. The van der Waals surface area contributed by atoms with Crippen molar-refractivity contribution in [1.82, 2.24) is 15.0 Å². The van der Waals surface area contributed by atoms with Crippen LogP contribution in [0, 0.1) is 4.91 Å². The predicted octanol–water partition coefficient (Wildman–Crippen LogP) is 5.00. The van der Waals surface area contributed by atoms with E-state index in [9.17, 15) is 4.91 Å². The molecule has 27 heavy (non-hydrogen) atoms. The number of hydrogen-bond donors (Lipinski definition) is 0. The Morgan fingerprint density at radius 1 is 1.19 bits per heavy atom. The zero-order valence-electron chi connectivity index (χ0n) is 16.0. The van der Waals surface area contributed by atoms with Crippen LogP contribution < -0.4 is 0 Å². The van der Waals surface area contributed by atoms with Gasteiger partial charge in [0.2, 0.25) is 6.54 Å². The zero-order valence-corrected chi connectivity index (χ0v) is 17.7. The molecule has 1 fully saturated rings. The second kappa shape index (κ2) is 10.9. The molecular formula is C20H29N4OS2+. The van der Waals surface area contributed by atoms with Crippen molar-refractivity contribution in [3.8, 4) is 11.3 Å². The molecule has 0 aliphatic carbocycles. The van der Waals surface area contributed by atoms with Gasteiger partial charge < -0.3 is 0 Å². The van der Waals surface area contributed by atoms with Gasteiger partial charge in [-0.15, -0.1) is 5.10 Å². The summed E-state index contributed by atoms with van der Waals surface area (Å²) in [5.41, 5.74) is 3.24. The number of rotatable bonds is 11. The lowest BCUT2D eigenvalue weighted by Gasteiger charge is -2.05. The van der Waals surface area contributed by atoms with Gasteiger partial charge in [-0.2, -0.15) is 0 Å². The quantitative estimate of drug-likeness (QED) is 0.299. The first-order valence-electron chi connectivity index (χ1n) is 9.94. The van der Waals surface area contributed by atoms with Crippen LogP contribution in [-0.2, 0) is 13.0 Å². The highest BCUT2D eigenvalue weighted by molar-refractivity contribution is 8.77. The van der Waals surface area contributed by atoms with E-state index in [1.54, 1.807) is 4.68 Å². The van der Waals surface area contributed by atoms with Gasteiger partial charge in [0, 0.05) is 27.9 Å². The number of nitrogens with zero attached hydrogens (tertiary/aromatic N) is 4. The maximum atomic E-state index is 12.0. The molecule has 0 amide bonds. The first kappa shape index (κ1) is 20.4. The number of hydrogen-bond acceptors (Lipinski definition) is 5. The summed E-state index contributed by atoms with van der Waals surface area (Å²) >= 11 is 0. The van der Waals surface area contributed by atoms with Crippen molar-refractivity contribution >= 4 is 21.6 Å². The van der Waals surface area contributed by atoms with Crippen LogP contribution in [0.15, 0.2) is 30.5 Å². The summed E-state index contributed by atoms with van der Waals surface area (Å²) < 4.78 is 2.93. The lowest BCUT2D eigenvalue weighted by Crippen LogP contribution is -2.17. The molecule has 5 nitrogen and oxygen atoms in total. The minimum atomic E-state index is 0.465. The molecule has 2 aromatic rings. The van der Waals surface area contributed by atoms with Crippen LogP contribution in [0.4, 0.5) is 0 Å². The molecule has 1 atom stereocenters. The van der Waals surface area contributed by atoms with Gasteiger partial charge in [0.15, 0.2) is 6.54 Å². The number of aryl methyl sites for hydroxylation is 1. The third-order valence-corrected chi connectivity index (χ3v) is 7.94. The summed E-state index contributed by atoms with van der Waals surface area (Å²) in [4.78, 5) is 12.0. The normalized spacial score (nSPS) is 16.7. The van der Waals surface area contributed by atoms with Gasteiger partial charge in [-0.3, -0.25) is 0 Å². The molecule has 2 heterocycles. The Bertz CT molecular complexity index is 711. The van der Waals surface area contributed by atoms with E-state index < -0.39 is 0 Å². The fraction of sp³-hybridized carbons (Fsp3) is 0.600. The Morgan fingerprint density at radius 3 is 2.78 bits per heavy atom. The highest BCUT2D eigenvalue weighted by Gasteiger charge is 2.16. The Hall–Kier alpha value is -1.34. The maximum Gasteiger partial charge on any atom is 0.211 e. The zero-order chi connectivity index (χ0) is 18.9. The van der Waals surface area contributed by atoms with Crippen molar-refractivity contribution < 1.29 is 4.76 Å². The molecule has 0 saturated carbocycles. The molecule has 7 heteroatoms. The number of benzene rings is 1. The lowest BCUT2D eigenvalue weighted by atomic mass is 10.1. The van der Waals surface area contributed by atoms with Crippen LogP contribution in [-0.4, -0.2) is 43.8 Å². The minimum Gasteiger partial charge on any atom is -0.245 e. The van der Waals surface area contributed by atoms with Crippen LogP contribution >= 0.6 is 21.6 Å². The third kappa shape index (κ3) is 6.64. The maximum absolute atomic E-state index is 12.0.